The molecule has 1 fully saturated rings. The zero-order chi connectivity index (χ0) is 10.8. The topological polar surface area (TPSA) is 0 Å². The van der Waals surface area contributed by atoms with Gasteiger partial charge in [0.05, 0.1) is 0 Å². The summed E-state index contributed by atoms with van der Waals surface area (Å²) in [6, 6.07) is 6.91. The molecule has 0 N–H and O–H groups in total. The Bertz CT molecular complexity index is 332. The largest absolute Gasteiger partial charge is 0.0651 e. The van der Waals surface area contributed by atoms with E-state index in [4.69, 9.17) is 0 Å². The third-order valence-corrected chi connectivity index (χ3v) is 3.36. The smallest absolute Gasteiger partial charge is 0.0156 e. The SMILES string of the molecule is CCCc1cccc(C(C)C)c1C1CC1. The van der Waals surface area contributed by atoms with Gasteiger partial charge in [0.15, 0.2) is 0 Å². The van der Waals surface area contributed by atoms with Crippen molar-refractivity contribution in [3.8, 4) is 0 Å². The predicted octanol–water partition coefficient (Wildman–Crippen LogP) is 4.64. The summed E-state index contributed by atoms with van der Waals surface area (Å²) in [6.07, 6.45) is 5.36. The lowest BCUT2D eigenvalue weighted by atomic mass is 9.89. The molecule has 0 heteroatoms. The van der Waals surface area contributed by atoms with Gasteiger partial charge in [-0.15, -0.1) is 0 Å². The lowest BCUT2D eigenvalue weighted by Crippen LogP contribution is -2.00. The molecule has 1 aromatic carbocycles. The standard InChI is InChI=1S/C15H22/c1-4-6-12-7-5-8-14(11(2)3)15(12)13-9-10-13/h5,7-8,11,13H,4,6,9-10H2,1-3H3. The average molecular weight is 202 g/mol. The Morgan fingerprint density at radius 2 is 2.00 bits per heavy atom. The molecule has 1 aromatic rings. The highest BCUT2D eigenvalue weighted by atomic mass is 14.3. The molecule has 0 heterocycles. The Morgan fingerprint density at radius 3 is 2.53 bits per heavy atom. The van der Waals surface area contributed by atoms with Crippen LogP contribution in [0.25, 0.3) is 0 Å². The van der Waals surface area contributed by atoms with Gasteiger partial charge in [0.25, 0.3) is 0 Å². The molecule has 82 valence electrons. The van der Waals surface area contributed by atoms with Crippen molar-refractivity contribution in [3.63, 3.8) is 0 Å². The first kappa shape index (κ1) is 10.7. The van der Waals surface area contributed by atoms with Crippen LogP contribution in [-0.2, 0) is 6.42 Å². The molecule has 0 spiro atoms. The van der Waals surface area contributed by atoms with Crippen molar-refractivity contribution in [2.45, 2.75) is 58.3 Å². The van der Waals surface area contributed by atoms with Crippen LogP contribution in [0.1, 0.15) is 68.6 Å². The Hall–Kier alpha value is -0.780. The summed E-state index contributed by atoms with van der Waals surface area (Å²) in [5, 5.41) is 0. The zero-order valence-electron chi connectivity index (χ0n) is 10.2. The summed E-state index contributed by atoms with van der Waals surface area (Å²) < 4.78 is 0. The van der Waals surface area contributed by atoms with Crippen molar-refractivity contribution < 1.29 is 0 Å². The summed E-state index contributed by atoms with van der Waals surface area (Å²) in [6.45, 7) is 6.91. The van der Waals surface area contributed by atoms with E-state index >= 15 is 0 Å². The minimum Gasteiger partial charge on any atom is -0.0651 e. The third kappa shape index (κ3) is 2.25. The van der Waals surface area contributed by atoms with Gasteiger partial charge in [-0.25, -0.2) is 0 Å². The van der Waals surface area contributed by atoms with Crippen LogP contribution in [0.4, 0.5) is 0 Å². The van der Waals surface area contributed by atoms with E-state index in [1.165, 1.54) is 25.7 Å². The summed E-state index contributed by atoms with van der Waals surface area (Å²) in [5.41, 5.74) is 4.92. The van der Waals surface area contributed by atoms with Gasteiger partial charge < -0.3 is 0 Å². The quantitative estimate of drug-likeness (QED) is 0.667. The van der Waals surface area contributed by atoms with Crippen molar-refractivity contribution in [1.82, 2.24) is 0 Å². The highest BCUT2D eigenvalue weighted by Crippen LogP contribution is 2.45. The molecule has 0 saturated heterocycles. The van der Waals surface area contributed by atoms with Crippen molar-refractivity contribution in [2.75, 3.05) is 0 Å². The van der Waals surface area contributed by atoms with Gasteiger partial charge in [0.2, 0.25) is 0 Å². The predicted molar refractivity (Wildman–Crippen MR) is 66.5 cm³/mol. The Morgan fingerprint density at radius 1 is 1.27 bits per heavy atom. The van der Waals surface area contributed by atoms with Gasteiger partial charge in [-0.05, 0) is 47.8 Å². The number of hydrogen-bond donors (Lipinski definition) is 0. The van der Waals surface area contributed by atoms with E-state index in [0.29, 0.717) is 5.92 Å². The first-order valence-electron chi connectivity index (χ1n) is 6.35. The van der Waals surface area contributed by atoms with Gasteiger partial charge >= 0.3 is 0 Å². The molecule has 1 aliphatic rings. The first-order valence-corrected chi connectivity index (χ1v) is 6.35. The fourth-order valence-corrected chi connectivity index (χ4v) is 2.49. The number of aryl methyl sites for hydroxylation is 1. The monoisotopic (exact) mass is 202 g/mol. The second-order valence-electron chi connectivity index (χ2n) is 5.10. The van der Waals surface area contributed by atoms with Crippen LogP contribution in [0.2, 0.25) is 0 Å². The van der Waals surface area contributed by atoms with Crippen LogP contribution in [-0.4, -0.2) is 0 Å². The van der Waals surface area contributed by atoms with Crippen molar-refractivity contribution in [2.24, 2.45) is 0 Å². The van der Waals surface area contributed by atoms with Crippen LogP contribution < -0.4 is 0 Å². The number of hydrogen-bond acceptors (Lipinski definition) is 0. The summed E-state index contributed by atoms with van der Waals surface area (Å²) in [5.74, 6) is 1.57. The third-order valence-electron chi connectivity index (χ3n) is 3.36. The van der Waals surface area contributed by atoms with E-state index in [1.54, 1.807) is 16.7 Å². The summed E-state index contributed by atoms with van der Waals surface area (Å²) in [7, 11) is 0. The molecule has 0 aliphatic heterocycles. The molecule has 0 nitrogen and oxygen atoms in total. The van der Waals surface area contributed by atoms with Crippen molar-refractivity contribution >= 4 is 0 Å². The molecular weight excluding hydrogens is 180 g/mol. The van der Waals surface area contributed by atoms with Crippen LogP contribution in [0, 0.1) is 0 Å². The van der Waals surface area contributed by atoms with Crippen molar-refractivity contribution in [1.29, 1.82) is 0 Å². The lowest BCUT2D eigenvalue weighted by Gasteiger charge is -2.16. The van der Waals surface area contributed by atoms with Crippen LogP contribution in [0.15, 0.2) is 18.2 Å². The molecule has 1 saturated carbocycles. The van der Waals surface area contributed by atoms with Gasteiger partial charge in [0.1, 0.15) is 0 Å². The van der Waals surface area contributed by atoms with Gasteiger partial charge in [-0.3, -0.25) is 0 Å². The van der Waals surface area contributed by atoms with E-state index in [-0.39, 0.29) is 0 Å². The van der Waals surface area contributed by atoms with E-state index in [1.807, 2.05) is 0 Å². The second-order valence-corrected chi connectivity index (χ2v) is 5.10. The zero-order valence-corrected chi connectivity index (χ0v) is 10.2. The average Bonchev–Trinajstić information content (AvgIpc) is 3.01. The number of benzene rings is 1. The lowest BCUT2D eigenvalue weighted by molar-refractivity contribution is 0.819. The highest BCUT2D eigenvalue weighted by Gasteiger charge is 2.28. The molecule has 2 rings (SSSR count). The van der Waals surface area contributed by atoms with E-state index < -0.39 is 0 Å². The molecule has 15 heavy (non-hydrogen) atoms. The van der Waals surface area contributed by atoms with E-state index in [9.17, 15) is 0 Å². The van der Waals surface area contributed by atoms with Gasteiger partial charge in [-0.1, -0.05) is 45.4 Å². The second kappa shape index (κ2) is 4.38. The molecule has 0 bridgehead atoms. The molecule has 0 unspecified atom stereocenters. The summed E-state index contributed by atoms with van der Waals surface area (Å²) >= 11 is 0. The fraction of sp³-hybridized carbons (Fsp3) is 0.600. The molecular formula is C15H22. The molecule has 0 amide bonds. The van der Waals surface area contributed by atoms with Gasteiger partial charge in [-0.2, -0.15) is 0 Å². The first-order chi connectivity index (χ1) is 7.24. The maximum atomic E-state index is 2.34. The normalized spacial score (nSPS) is 16.0. The molecule has 1 aliphatic carbocycles. The maximum absolute atomic E-state index is 2.34. The Kier molecular flexibility index (Phi) is 3.14. The minimum absolute atomic E-state index is 0.678. The van der Waals surface area contributed by atoms with Gasteiger partial charge in [0, 0.05) is 0 Å². The molecule has 0 atom stereocenters. The molecule has 0 radical (unpaired) electrons. The van der Waals surface area contributed by atoms with E-state index in [2.05, 4.69) is 39.0 Å². The maximum Gasteiger partial charge on any atom is -0.0156 e. The Balaban J connectivity index is 2.40. The Labute approximate surface area is 93.7 Å². The highest BCUT2D eigenvalue weighted by molar-refractivity contribution is 5.42. The number of rotatable bonds is 4. The van der Waals surface area contributed by atoms with Crippen molar-refractivity contribution in [3.05, 3.63) is 34.9 Å². The van der Waals surface area contributed by atoms with Crippen LogP contribution >= 0.6 is 0 Å². The molecule has 0 aromatic heterocycles. The fourth-order valence-electron chi connectivity index (χ4n) is 2.49. The summed E-state index contributed by atoms with van der Waals surface area (Å²) in [4.78, 5) is 0. The minimum atomic E-state index is 0.678. The van der Waals surface area contributed by atoms with E-state index in [0.717, 1.165) is 5.92 Å². The van der Waals surface area contributed by atoms with Crippen LogP contribution in [0.5, 0.6) is 0 Å². The van der Waals surface area contributed by atoms with Crippen LogP contribution in [0.3, 0.4) is 0 Å².